The van der Waals surface area contributed by atoms with Gasteiger partial charge >= 0.3 is 5.97 Å². The van der Waals surface area contributed by atoms with Gasteiger partial charge in [-0.05, 0) is 31.9 Å². The molecule has 1 saturated heterocycles. The van der Waals surface area contributed by atoms with Crippen molar-refractivity contribution in [3.8, 4) is 0 Å². The number of piperidine rings is 1. The van der Waals surface area contributed by atoms with Crippen LogP contribution < -0.4 is 5.32 Å². The highest BCUT2D eigenvalue weighted by Crippen LogP contribution is 2.16. The van der Waals surface area contributed by atoms with E-state index in [0.29, 0.717) is 31.1 Å². The number of carbonyl (C=O) groups excluding carboxylic acids is 2. The molecule has 122 valence electrons. The predicted octanol–water partition coefficient (Wildman–Crippen LogP) is 0.833. The number of carbonyl (C=O) groups is 2. The Bertz CT molecular complexity index is 509. The summed E-state index contributed by atoms with van der Waals surface area (Å²) in [7, 11) is 3.09. The highest BCUT2D eigenvalue weighted by atomic mass is 16.5. The maximum atomic E-state index is 12.3. The van der Waals surface area contributed by atoms with E-state index in [1.165, 1.54) is 7.11 Å². The van der Waals surface area contributed by atoms with E-state index in [4.69, 9.17) is 0 Å². The summed E-state index contributed by atoms with van der Waals surface area (Å²) in [5.41, 5.74) is 0.450. The van der Waals surface area contributed by atoms with Gasteiger partial charge in [0.2, 0.25) is 0 Å². The Kier molecular flexibility index (Phi) is 5.94. The van der Waals surface area contributed by atoms with Crippen molar-refractivity contribution in [1.82, 2.24) is 20.0 Å². The molecule has 2 heterocycles. The summed E-state index contributed by atoms with van der Waals surface area (Å²) in [6, 6.07) is 2.08. The van der Waals surface area contributed by atoms with Crippen LogP contribution in [0.5, 0.6) is 0 Å². The number of rotatable bonds is 6. The zero-order valence-electron chi connectivity index (χ0n) is 13.2. The van der Waals surface area contributed by atoms with Crippen molar-refractivity contribution in [2.45, 2.75) is 31.7 Å². The van der Waals surface area contributed by atoms with Crippen molar-refractivity contribution in [1.29, 1.82) is 0 Å². The first-order valence-electron chi connectivity index (χ1n) is 7.70. The van der Waals surface area contributed by atoms with Gasteiger partial charge in [-0.1, -0.05) is 0 Å². The number of nitrogens with one attached hydrogen (secondary N) is 1. The third kappa shape index (κ3) is 4.30. The number of amides is 1. The maximum Gasteiger partial charge on any atom is 0.305 e. The van der Waals surface area contributed by atoms with Crippen LogP contribution in [0, 0.1) is 0 Å². The van der Waals surface area contributed by atoms with Crippen LogP contribution in [-0.4, -0.2) is 60.3 Å². The minimum absolute atomic E-state index is 0.118. The first kappa shape index (κ1) is 16.5. The Morgan fingerprint density at radius 2 is 2.36 bits per heavy atom. The fourth-order valence-electron chi connectivity index (χ4n) is 2.57. The molecule has 2 rings (SSSR count). The van der Waals surface area contributed by atoms with Crippen LogP contribution in [0.25, 0.3) is 0 Å². The third-order valence-electron chi connectivity index (χ3n) is 3.92. The third-order valence-corrected chi connectivity index (χ3v) is 3.92. The second-order valence-electron chi connectivity index (χ2n) is 5.59. The molecule has 1 aromatic heterocycles. The van der Waals surface area contributed by atoms with Crippen LogP contribution in [0.2, 0.25) is 0 Å². The van der Waals surface area contributed by atoms with Crippen molar-refractivity contribution >= 4 is 11.9 Å². The lowest BCUT2D eigenvalue weighted by Gasteiger charge is -2.23. The SMILES string of the molecule is COC(=O)CCCN(C)C(=O)c1ccn(C2CCCNC2)n1. The molecule has 1 aliphatic rings. The number of hydrogen-bond acceptors (Lipinski definition) is 5. The quantitative estimate of drug-likeness (QED) is 0.788. The van der Waals surface area contributed by atoms with Crippen LogP contribution >= 0.6 is 0 Å². The first-order chi connectivity index (χ1) is 10.6. The summed E-state index contributed by atoms with van der Waals surface area (Å²) in [5, 5.41) is 7.75. The molecular formula is C15H24N4O3. The van der Waals surface area contributed by atoms with Gasteiger partial charge in [-0.25, -0.2) is 0 Å². The summed E-state index contributed by atoms with van der Waals surface area (Å²) in [4.78, 5) is 25.0. The van der Waals surface area contributed by atoms with Gasteiger partial charge in [0.1, 0.15) is 5.69 Å². The van der Waals surface area contributed by atoms with E-state index in [1.807, 2.05) is 10.9 Å². The molecule has 1 atom stereocenters. The largest absolute Gasteiger partial charge is 0.469 e. The molecule has 1 fully saturated rings. The van der Waals surface area contributed by atoms with Gasteiger partial charge in [-0.2, -0.15) is 5.10 Å². The van der Waals surface area contributed by atoms with E-state index in [1.54, 1.807) is 18.0 Å². The number of aromatic nitrogens is 2. The van der Waals surface area contributed by atoms with Gasteiger partial charge in [0.25, 0.3) is 5.91 Å². The van der Waals surface area contributed by atoms with E-state index in [-0.39, 0.29) is 11.9 Å². The van der Waals surface area contributed by atoms with E-state index in [9.17, 15) is 9.59 Å². The Balaban J connectivity index is 1.86. The molecule has 1 unspecified atom stereocenters. The van der Waals surface area contributed by atoms with Gasteiger partial charge < -0.3 is 15.0 Å². The molecule has 0 bridgehead atoms. The van der Waals surface area contributed by atoms with Gasteiger partial charge in [-0.15, -0.1) is 0 Å². The summed E-state index contributed by atoms with van der Waals surface area (Å²) in [6.07, 6.45) is 4.98. The summed E-state index contributed by atoms with van der Waals surface area (Å²) >= 11 is 0. The van der Waals surface area contributed by atoms with Crippen LogP contribution in [0.4, 0.5) is 0 Å². The first-order valence-corrected chi connectivity index (χ1v) is 7.70. The Hall–Kier alpha value is -1.89. The molecule has 22 heavy (non-hydrogen) atoms. The van der Waals surface area contributed by atoms with Crippen LogP contribution in [0.1, 0.15) is 42.2 Å². The standard InChI is InChI=1S/C15H24N4O3/c1-18(9-4-6-14(20)22-2)15(21)13-7-10-19(17-13)12-5-3-8-16-11-12/h7,10,12,16H,3-6,8-9,11H2,1-2H3. The molecule has 0 saturated carbocycles. The highest BCUT2D eigenvalue weighted by molar-refractivity contribution is 5.92. The number of esters is 1. The van der Waals surface area contributed by atoms with Crippen molar-refractivity contribution < 1.29 is 14.3 Å². The van der Waals surface area contributed by atoms with E-state index < -0.39 is 0 Å². The molecule has 1 aromatic rings. The van der Waals surface area contributed by atoms with Crippen LogP contribution in [0.15, 0.2) is 12.3 Å². The smallest absolute Gasteiger partial charge is 0.305 e. The summed E-state index contributed by atoms with van der Waals surface area (Å²) < 4.78 is 6.46. The molecule has 1 aliphatic heterocycles. The lowest BCUT2D eigenvalue weighted by Crippen LogP contribution is -2.32. The molecule has 0 aliphatic carbocycles. The zero-order valence-corrected chi connectivity index (χ0v) is 13.2. The van der Waals surface area contributed by atoms with E-state index in [2.05, 4.69) is 15.2 Å². The molecule has 0 radical (unpaired) electrons. The van der Waals surface area contributed by atoms with Crippen molar-refractivity contribution in [2.24, 2.45) is 0 Å². The molecule has 1 N–H and O–H groups in total. The normalized spacial score (nSPS) is 18.0. The van der Waals surface area contributed by atoms with Crippen molar-refractivity contribution in [2.75, 3.05) is 33.8 Å². The van der Waals surface area contributed by atoms with Crippen LogP contribution in [0.3, 0.4) is 0 Å². The predicted molar refractivity (Wildman–Crippen MR) is 81.6 cm³/mol. The van der Waals surface area contributed by atoms with E-state index in [0.717, 1.165) is 25.9 Å². The molecule has 7 heteroatoms. The number of hydrogen-bond donors (Lipinski definition) is 1. The summed E-state index contributed by atoms with van der Waals surface area (Å²) in [5.74, 6) is -0.373. The lowest BCUT2D eigenvalue weighted by atomic mass is 10.1. The fraction of sp³-hybridized carbons (Fsp3) is 0.667. The summed E-state index contributed by atoms with van der Waals surface area (Å²) in [6.45, 7) is 2.45. The van der Waals surface area contributed by atoms with Gasteiger partial charge in [0.05, 0.1) is 13.2 Å². The Labute approximate surface area is 130 Å². The average molecular weight is 308 g/mol. The molecule has 1 amide bonds. The maximum absolute atomic E-state index is 12.3. The number of nitrogens with zero attached hydrogens (tertiary/aromatic N) is 3. The second kappa shape index (κ2) is 7.93. The monoisotopic (exact) mass is 308 g/mol. The van der Waals surface area contributed by atoms with Crippen molar-refractivity contribution in [3.05, 3.63) is 18.0 Å². The Morgan fingerprint density at radius 1 is 1.55 bits per heavy atom. The van der Waals surface area contributed by atoms with Gasteiger partial charge in [-0.3, -0.25) is 14.3 Å². The lowest BCUT2D eigenvalue weighted by molar-refractivity contribution is -0.140. The Morgan fingerprint density at radius 3 is 3.05 bits per heavy atom. The van der Waals surface area contributed by atoms with Gasteiger partial charge in [0.15, 0.2) is 0 Å². The minimum atomic E-state index is -0.255. The molecule has 7 nitrogen and oxygen atoms in total. The second-order valence-corrected chi connectivity index (χ2v) is 5.59. The molecule has 0 spiro atoms. The number of ether oxygens (including phenoxy) is 1. The van der Waals surface area contributed by atoms with Gasteiger partial charge in [0, 0.05) is 32.8 Å². The highest BCUT2D eigenvalue weighted by Gasteiger charge is 2.19. The van der Waals surface area contributed by atoms with E-state index >= 15 is 0 Å². The fourth-order valence-corrected chi connectivity index (χ4v) is 2.57. The molecular weight excluding hydrogens is 284 g/mol. The average Bonchev–Trinajstić information content (AvgIpc) is 3.04. The number of methoxy groups -OCH3 is 1. The zero-order chi connectivity index (χ0) is 15.9. The topological polar surface area (TPSA) is 76.5 Å². The van der Waals surface area contributed by atoms with Crippen LogP contribution in [-0.2, 0) is 9.53 Å². The minimum Gasteiger partial charge on any atom is -0.469 e. The van der Waals surface area contributed by atoms with Crippen molar-refractivity contribution in [3.63, 3.8) is 0 Å². The molecule has 0 aromatic carbocycles.